The zero-order chi connectivity index (χ0) is 12.2. The molecule has 0 spiro atoms. The number of amides is 1. The van der Waals surface area contributed by atoms with Gasteiger partial charge in [-0.25, -0.2) is 4.98 Å². The first-order valence-electron chi connectivity index (χ1n) is 5.24. The molecule has 1 unspecified atom stereocenters. The number of imidazole rings is 1. The molecular formula is C11H18ClN3O. The molecular weight excluding hydrogens is 226 g/mol. The maximum atomic E-state index is 11.3. The van der Waals surface area contributed by atoms with Crippen molar-refractivity contribution in [1.29, 1.82) is 0 Å². The fourth-order valence-corrected chi connectivity index (χ4v) is 1.45. The van der Waals surface area contributed by atoms with Gasteiger partial charge in [-0.05, 0) is 5.41 Å². The third kappa shape index (κ3) is 3.85. The SMILES string of the molecule is CC(C)(C)C(Cn1ccnc1)NC(=O)CCl. The van der Waals surface area contributed by atoms with E-state index in [0.717, 1.165) is 0 Å². The lowest BCUT2D eigenvalue weighted by Crippen LogP contribution is -2.46. The van der Waals surface area contributed by atoms with E-state index in [4.69, 9.17) is 11.6 Å². The molecule has 0 saturated carbocycles. The van der Waals surface area contributed by atoms with Gasteiger partial charge >= 0.3 is 0 Å². The number of alkyl halides is 1. The van der Waals surface area contributed by atoms with Gasteiger partial charge in [0.1, 0.15) is 5.88 Å². The van der Waals surface area contributed by atoms with E-state index in [1.807, 2.05) is 10.8 Å². The average Bonchev–Trinajstić information content (AvgIpc) is 2.67. The fourth-order valence-electron chi connectivity index (χ4n) is 1.37. The van der Waals surface area contributed by atoms with Crippen LogP contribution in [0.4, 0.5) is 0 Å². The van der Waals surface area contributed by atoms with Crippen LogP contribution in [0.5, 0.6) is 0 Å². The largest absolute Gasteiger partial charge is 0.350 e. The van der Waals surface area contributed by atoms with E-state index in [2.05, 4.69) is 31.1 Å². The highest BCUT2D eigenvalue weighted by Gasteiger charge is 2.26. The van der Waals surface area contributed by atoms with Gasteiger partial charge in [0.2, 0.25) is 5.91 Å². The van der Waals surface area contributed by atoms with Crippen molar-refractivity contribution in [1.82, 2.24) is 14.9 Å². The first-order chi connectivity index (χ1) is 7.43. The highest BCUT2D eigenvalue weighted by Crippen LogP contribution is 2.20. The van der Waals surface area contributed by atoms with E-state index in [-0.39, 0.29) is 23.2 Å². The smallest absolute Gasteiger partial charge is 0.235 e. The third-order valence-corrected chi connectivity index (χ3v) is 2.70. The quantitative estimate of drug-likeness (QED) is 0.818. The number of hydrogen-bond donors (Lipinski definition) is 1. The summed E-state index contributed by atoms with van der Waals surface area (Å²) in [6.07, 6.45) is 5.35. The van der Waals surface area contributed by atoms with Crippen molar-refractivity contribution in [3.8, 4) is 0 Å². The van der Waals surface area contributed by atoms with Crippen molar-refractivity contribution in [3.05, 3.63) is 18.7 Å². The molecule has 0 fully saturated rings. The van der Waals surface area contributed by atoms with Crippen LogP contribution in [0.15, 0.2) is 18.7 Å². The van der Waals surface area contributed by atoms with Gasteiger partial charge in [0.25, 0.3) is 0 Å². The van der Waals surface area contributed by atoms with Crippen molar-refractivity contribution >= 4 is 17.5 Å². The second-order valence-corrected chi connectivity index (χ2v) is 5.15. The predicted molar refractivity (Wildman–Crippen MR) is 64.3 cm³/mol. The maximum Gasteiger partial charge on any atom is 0.235 e. The zero-order valence-corrected chi connectivity index (χ0v) is 10.7. The minimum Gasteiger partial charge on any atom is -0.350 e. The van der Waals surface area contributed by atoms with Gasteiger partial charge in [-0.1, -0.05) is 20.8 Å². The predicted octanol–water partition coefficient (Wildman–Crippen LogP) is 1.65. The van der Waals surface area contributed by atoms with Gasteiger partial charge in [-0.2, -0.15) is 0 Å². The van der Waals surface area contributed by atoms with Crippen LogP contribution in [0.25, 0.3) is 0 Å². The lowest BCUT2D eigenvalue weighted by Gasteiger charge is -2.31. The minimum absolute atomic E-state index is 0.00346. The first kappa shape index (κ1) is 13.0. The van der Waals surface area contributed by atoms with Gasteiger partial charge in [0.15, 0.2) is 0 Å². The number of aromatic nitrogens is 2. The van der Waals surface area contributed by atoms with Gasteiger partial charge in [-0.3, -0.25) is 4.79 Å². The molecule has 4 nitrogen and oxygen atoms in total. The molecule has 0 aliphatic heterocycles. The summed E-state index contributed by atoms with van der Waals surface area (Å²) in [7, 11) is 0. The molecule has 1 amide bonds. The normalized spacial score (nSPS) is 13.5. The van der Waals surface area contributed by atoms with Gasteiger partial charge < -0.3 is 9.88 Å². The fraction of sp³-hybridized carbons (Fsp3) is 0.636. The third-order valence-electron chi connectivity index (χ3n) is 2.45. The molecule has 16 heavy (non-hydrogen) atoms. The van der Waals surface area contributed by atoms with Crippen LogP contribution in [-0.2, 0) is 11.3 Å². The summed E-state index contributed by atoms with van der Waals surface area (Å²) >= 11 is 5.50. The monoisotopic (exact) mass is 243 g/mol. The molecule has 1 rings (SSSR count). The Morgan fingerprint density at radius 1 is 1.56 bits per heavy atom. The highest BCUT2D eigenvalue weighted by molar-refractivity contribution is 6.27. The standard InChI is InChI=1S/C11H18ClN3O/c1-11(2,3)9(14-10(16)6-12)7-15-5-4-13-8-15/h4-5,8-9H,6-7H2,1-3H3,(H,14,16). The number of hydrogen-bond acceptors (Lipinski definition) is 2. The van der Waals surface area contributed by atoms with Crippen molar-refractivity contribution in [2.45, 2.75) is 33.4 Å². The topological polar surface area (TPSA) is 46.9 Å². The molecule has 90 valence electrons. The summed E-state index contributed by atoms with van der Waals surface area (Å²) in [6.45, 7) is 6.96. The molecule has 0 radical (unpaired) electrons. The highest BCUT2D eigenvalue weighted by atomic mass is 35.5. The second-order valence-electron chi connectivity index (χ2n) is 4.88. The van der Waals surface area contributed by atoms with Crippen LogP contribution in [0.1, 0.15) is 20.8 Å². The van der Waals surface area contributed by atoms with Crippen LogP contribution in [0, 0.1) is 5.41 Å². The van der Waals surface area contributed by atoms with E-state index >= 15 is 0 Å². The van der Waals surface area contributed by atoms with E-state index in [1.54, 1.807) is 12.5 Å². The molecule has 1 heterocycles. The Labute approximate surface area is 101 Å². The Hall–Kier alpha value is -1.03. The number of rotatable bonds is 4. The molecule has 0 aliphatic rings. The molecule has 1 aromatic rings. The van der Waals surface area contributed by atoms with Crippen molar-refractivity contribution in [3.63, 3.8) is 0 Å². The molecule has 1 aromatic heterocycles. The molecule has 0 aliphatic carbocycles. The molecule has 0 bridgehead atoms. The van der Waals surface area contributed by atoms with Crippen LogP contribution in [0.3, 0.4) is 0 Å². The van der Waals surface area contributed by atoms with Gasteiger partial charge in [0, 0.05) is 18.9 Å². The van der Waals surface area contributed by atoms with E-state index < -0.39 is 0 Å². The first-order valence-corrected chi connectivity index (χ1v) is 5.78. The Morgan fingerprint density at radius 3 is 2.69 bits per heavy atom. The number of carbonyl (C=O) groups is 1. The van der Waals surface area contributed by atoms with Crippen LogP contribution >= 0.6 is 11.6 Å². The molecule has 0 saturated heterocycles. The number of carbonyl (C=O) groups excluding carboxylic acids is 1. The van der Waals surface area contributed by atoms with Crippen molar-refractivity contribution in [2.75, 3.05) is 5.88 Å². The molecule has 1 atom stereocenters. The molecule has 1 N–H and O–H groups in total. The maximum absolute atomic E-state index is 11.3. The summed E-state index contributed by atoms with van der Waals surface area (Å²) in [6, 6.07) is 0.0351. The Balaban J connectivity index is 2.68. The Kier molecular flexibility index (Phi) is 4.35. The molecule has 5 heteroatoms. The van der Waals surface area contributed by atoms with E-state index in [0.29, 0.717) is 6.54 Å². The summed E-state index contributed by atoms with van der Waals surface area (Å²) in [5, 5.41) is 2.93. The van der Waals surface area contributed by atoms with Crippen LogP contribution < -0.4 is 5.32 Å². The van der Waals surface area contributed by atoms with Gasteiger partial charge in [-0.15, -0.1) is 11.6 Å². The average molecular weight is 244 g/mol. The van der Waals surface area contributed by atoms with E-state index in [9.17, 15) is 4.79 Å². The summed E-state index contributed by atoms with van der Waals surface area (Å²) < 4.78 is 1.95. The zero-order valence-electron chi connectivity index (χ0n) is 9.90. The van der Waals surface area contributed by atoms with E-state index in [1.165, 1.54) is 0 Å². The molecule has 0 aromatic carbocycles. The summed E-state index contributed by atoms with van der Waals surface area (Å²) in [5.41, 5.74) is -0.0218. The lowest BCUT2D eigenvalue weighted by molar-refractivity contribution is -0.120. The minimum atomic E-state index is -0.137. The van der Waals surface area contributed by atoms with Crippen molar-refractivity contribution < 1.29 is 4.79 Å². The van der Waals surface area contributed by atoms with Gasteiger partial charge in [0.05, 0.1) is 12.4 Å². The summed E-state index contributed by atoms with van der Waals surface area (Å²) in [4.78, 5) is 15.3. The summed E-state index contributed by atoms with van der Waals surface area (Å²) in [5.74, 6) is -0.141. The van der Waals surface area contributed by atoms with Crippen LogP contribution in [0.2, 0.25) is 0 Å². The number of nitrogens with one attached hydrogen (secondary N) is 1. The Morgan fingerprint density at radius 2 is 2.25 bits per heavy atom. The van der Waals surface area contributed by atoms with Crippen LogP contribution in [-0.4, -0.2) is 27.4 Å². The Bertz CT molecular complexity index is 329. The van der Waals surface area contributed by atoms with Crippen molar-refractivity contribution in [2.24, 2.45) is 5.41 Å². The lowest BCUT2D eigenvalue weighted by atomic mass is 9.86. The number of nitrogens with zero attached hydrogens (tertiary/aromatic N) is 2. The second kappa shape index (κ2) is 5.34. The number of halogens is 1.